The molecule has 1 aliphatic carbocycles. The Morgan fingerprint density at radius 2 is 2.00 bits per heavy atom. The van der Waals surface area contributed by atoms with Gasteiger partial charge < -0.3 is 20.5 Å². The molecule has 0 aromatic heterocycles. The summed E-state index contributed by atoms with van der Waals surface area (Å²) < 4.78 is 10.6. The number of ether oxygens (including phenoxy) is 2. The molecule has 1 spiro atoms. The molecule has 25 heavy (non-hydrogen) atoms. The molecule has 6 heteroatoms. The second-order valence-corrected chi connectivity index (χ2v) is 6.51. The summed E-state index contributed by atoms with van der Waals surface area (Å²) in [5, 5.41) is 3.27. The van der Waals surface area contributed by atoms with Crippen LogP contribution in [-0.2, 0) is 25.5 Å². The summed E-state index contributed by atoms with van der Waals surface area (Å²) in [6.07, 6.45) is 3.38. The second-order valence-electron chi connectivity index (χ2n) is 6.51. The van der Waals surface area contributed by atoms with Crippen molar-refractivity contribution < 1.29 is 19.1 Å². The van der Waals surface area contributed by atoms with Crippen LogP contribution < -0.4 is 11.1 Å². The predicted octanol–water partition coefficient (Wildman–Crippen LogP) is 1.60. The minimum absolute atomic E-state index is 0.119. The van der Waals surface area contributed by atoms with E-state index in [-0.39, 0.29) is 11.8 Å². The molecule has 3 N–H and O–H groups in total. The Morgan fingerprint density at radius 3 is 2.60 bits per heavy atom. The van der Waals surface area contributed by atoms with Crippen molar-refractivity contribution in [3.8, 4) is 0 Å². The van der Waals surface area contributed by atoms with Gasteiger partial charge in [-0.3, -0.25) is 4.79 Å². The maximum absolute atomic E-state index is 12.4. The summed E-state index contributed by atoms with van der Waals surface area (Å²) >= 11 is 0. The molecule has 6 nitrogen and oxygen atoms in total. The maximum Gasteiger partial charge on any atom is 0.328 e. The Kier molecular flexibility index (Phi) is 5.08. The van der Waals surface area contributed by atoms with E-state index in [4.69, 9.17) is 15.2 Å². The molecule has 3 rings (SSSR count). The Bertz CT molecular complexity index is 675. The third-order valence-corrected chi connectivity index (χ3v) is 4.93. The summed E-state index contributed by atoms with van der Waals surface area (Å²) in [7, 11) is 0. The first-order chi connectivity index (χ1) is 12.0. The lowest BCUT2D eigenvalue weighted by Crippen LogP contribution is -2.53. The van der Waals surface area contributed by atoms with Gasteiger partial charge in [-0.25, -0.2) is 4.79 Å². The highest BCUT2D eigenvalue weighted by Crippen LogP contribution is 2.44. The smallest absolute Gasteiger partial charge is 0.328 e. The number of ketones is 1. The van der Waals surface area contributed by atoms with E-state index in [1.807, 2.05) is 24.3 Å². The van der Waals surface area contributed by atoms with Crippen molar-refractivity contribution in [2.45, 2.75) is 32.2 Å². The lowest BCUT2D eigenvalue weighted by molar-refractivity contribution is -0.146. The molecule has 0 amide bonds. The van der Waals surface area contributed by atoms with Crippen LogP contribution in [0.4, 0.5) is 5.69 Å². The van der Waals surface area contributed by atoms with Crippen LogP contribution in [0, 0.1) is 5.41 Å². The number of hydrogen-bond acceptors (Lipinski definition) is 6. The van der Waals surface area contributed by atoms with E-state index in [1.165, 1.54) is 0 Å². The zero-order valence-corrected chi connectivity index (χ0v) is 14.4. The highest BCUT2D eigenvalue weighted by Gasteiger charge is 2.49. The Morgan fingerprint density at radius 1 is 1.32 bits per heavy atom. The maximum atomic E-state index is 12.4. The van der Waals surface area contributed by atoms with Gasteiger partial charge in [0.15, 0.2) is 5.78 Å². The highest BCUT2D eigenvalue weighted by atomic mass is 16.5. The number of nitrogens with two attached hydrogens (primary N) is 1. The molecule has 1 aromatic rings. The number of rotatable bonds is 6. The summed E-state index contributed by atoms with van der Waals surface area (Å²) in [4.78, 5) is 24.6. The largest absolute Gasteiger partial charge is 0.464 e. The molecule has 0 bridgehead atoms. The molecular formula is C19H24N2O4. The van der Waals surface area contributed by atoms with Crippen molar-refractivity contribution >= 4 is 17.4 Å². The Hall–Kier alpha value is -2.34. The number of nitrogens with one attached hydrogen (secondary N) is 1. The van der Waals surface area contributed by atoms with Gasteiger partial charge in [0.2, 0.25) is 0 Å². The summed E-state index contributed by atoms with van der Waals surface area (Å²) in [5.41, 5.74) is 7.69. The van der Waals surface area contributed by atoms with E-state index in [1.54, 1.807) is 13.0 Å². The monoisotopic (exact) mass is 344 g/mol. The molecule has 1 fully saturated rings. The number of carbonyl (C=O) groups excluding carboxylic acids is 2. The first kappa shape index (κ1) is 17.5. The van der Waals surface area contributed by atoms with Gasteiger partial charge in [0.25, 0.3) is 0 Å². The Balaban J connectivity index is 1.75. The van der Waals surface area contributed by atoms with Gasteiger partial charge in [0, 0.05) is 37.1 Å². The van der Waals surface area contributed by atoms with Crippen molar-refractivity contribution in [1.82, 2.24) is 5.32 Å². The van der Waals surface area contributed by atoms with Crippen LogP contribution in [0.2, 0.25) is 0 Å². The van der Waals surface area contributed by atoms with Crippen molar-refractivity contribution in [2.75, 3.05) is 25.6 Å². The molecule has 1 unspecified atom stereocenters. The fourth-order valence-corrected chi connectivity index (χ4v) is 3.39. The highest BCUT2D eigenvalue weighted by molar-refractivity contribution is 6.05. The lowest BCUT2D eigenvalue weighted by Gasteiger charge is -2.44. The van der Waals surface area contributed by atoms with E-state index >= 15 is 0 Å². The molecular weight excluding hydrogens is 320 g/mol. The molecule has 1 aliphatic heterocycles. The zero-order valence-electron chi connectivity index (χ0n) is 14.4. The van der Waals surface area contributed by atoms with Crippen LogP contribution in [0.5, 0.6) is 0 Å². The quantitative estimate of drug-likeness (QED) is 0.602. The average Bonchev–Trinajstić information content (AvgIpc) is 2.63. The number of hydrogen-bond donors (Lipinski definition) is 2. The molecule has 0 radical (unpaired) electrons. The van der Waals surface area contributed by atoms with Crippen LogP contribution in [0.3, 0.4) is 0 Å². The van der Waals surface area contributed by atoms with E-state index < -0.39 is 11.5 Å². The van der Waals surface area contributed by atoms with Crippen molar-refractivity contribution in [1.29, 1.82) is 0 Å². The van der Waals surface area contributed by atoms with Crippen LogP contribution >= 0.6 is 0 Å². The van der Waals surface area contributed by atoms with Gasteiger partial charge in [0.1, 0.15) is 6.04 Å². The number of esters is 1. The standard InChI is InChI=1S/C19H24N2O4/c1-2-25-18(23)15(11-13-3-5-14(20)6-4-13)21-16-12-17(22)19(16)7-9-24-10-8-19/h3-6,12,15,21H,2,7-11,20H2,1H3. The number of nitrogen functional groups attached to an aromatic ring is 1. The van der Waals surface area contributed by atoms with Gasteiger partial charge in [-0.05, 0) is 37.5 Å². The molecule has 1 atom stereocenters. The first-order valence-corrected chi connectivity index (χ1v) is 8.67. The zero-order chi connectivity index (χ0) is 17.9. The fourth-order valence-electron chi connectivity index (χ4n) is 3.39. The SMILES string of the molecule is CCOC(=O)C(Cc1ccc(N)cc1)NC1=CC(=O)C12CCOCC2. The topological polar surface area (TPSA) is 90.6 Å². The van der Waals surface area contributed by atoms with E-state index in [0.29, 0.717) is 44.8 Å². The third-order valence-electron chi connectivity index (χ3n) is 4.93. The van der Waals surface area contributed by atoms with E-state index in [2.05, 4.69) is 5.32 Å². The van der Waals surface area contributed by atoms with Gasteiger partial charge in [-0.2, -0.15) is 0 Å². The van der Waals surface area contributed by atoms with Gasteiger partial charge in [-0.15, -0.1) is 0 Å². The number of anilines is 1. The van der Waals surface area contributed by atoms with E-state index in [9.17, 15) is 9.59 Å². The summed E-state index contributed by atoms with van der Waals surface area (Å²) in [6, 6.07) is 6.87. The number of allylic oxidation sites excluding steroid dienone is 2. The van der Waals surface area contributed by atoms with Crippen LogP contribution in [0.25, 0.3) is 0 Å². The Labute approximate surface area is 147 Å². The minimum atomic E-state index is -0.539. The third kappa shape index (κ3) is 3.54. The molecule has 2 aliphatic rings. The first-order valence-electron chi connectivity index (χ1n) is 8.67. The molecule has 0 saturated carbocycles. The van der Waals surface area contributed by atoms with Gasteiger partial charge >= 0.3 is 5.97 Å². The summed E-state index contributed by atoms with van der Waals surface area (Å²) in [5.74, 6) is -0.199. The fraction of sp³-hybridized carbons (Fsp3) is 0.474. The van der Waals surface area contributed by atoms with Crippen molar-refractivity contribution in [3.05, 3.63) is 41.6 Å². The number of carbonyl (C=O) groups is 2. The molecule has 1 aromatic carbocycles. The average molecular weight is 344 g/mol. The van der Waals surface area contributed by atoms with E-state index in [0.717, 1.165) is 11.3 Å². The molecule has 1 heterocycles. The molecule has 1 saturated heterocycles. The van der Waals surface area contributed by atoms with Crippen LogP contribution in [0.15, 0.2) is 36.0 Å². The second kappa shape index (κ2) is 7.27. The number of benzene rings is 1. The lowest BCUT2D eigenvalue weighted by atomic mass is 9.66. The van der Waals surface area contributed by atoms with Gasteiger partial charge in [0.05, 0.1) is 12.0 Å². The molecule has 134 valence electrons. The van der Waals surface area contributed by atoms with Crippen molar-refractivity contribution in [3.63, 3.8) is 0 Å². The van der Waals surface area contributed by atoms with Gasteiger partial charge in [-0.1, -0.05) is 12.1 Å². The summed E-state index contributed by atoms with van der Waals surface area (Å²) in [6.45, 7) is 3.22. The van der Waals surface area contributed by atoms with Crippen LogP contribution in [0.1, 0.15) is 25.3 Å². The van der Waals surface area contributed by atoms with Crippen molar-refractivity contribution in [2.24, 2.45) is 5.41 Å². The normalized spacial score (nSPS) is 19.7. The minimum Gasteiger partial charge on any atom is -0.464 e. The predicted molar refractivity (Wildman–Crippen MR) is 93.7 cm³/mol. The van der Waals surface area contributed by atoms with Crippen LogP contribution in [-0.4, -0.2) is 37.6 Å².